The van der Waals surface area contributed by atoms with Gasteiger partial charge in [-0.1, -0.05) is 143 Å². The second kappa shape index (κ2) is 38.6. The molecule has 53 heavy (non-hydrogen) atoms. The van der Waals surface area contributed by atoms with Crippen molar-refractivity contribution in [2.45, 2.75) is 245 Å². The van der Waals surface area contributed by atoms with E-state index >= 15 is 0 Å². The highest BCUT2D eigenvalue weighted by Crippen LogP contribution is 2.22. The summed E-state index contributed by atoms with van der Waals surface area (Å²) in [5.74, 6) is -0.0439. The molecule has 0 bridgehead atoms. The van der Waals surface area contributed by atoms with Crippen molar-refractivity contribution in [1.82, 2.24) is 4.90 Å². The van der Waals surface area contributed by atoms with Gasteiger partial charge in [-0.2, -0.15) is 0 Å². The van der Waals surface area contributed by atoms with Crippen LogP contribution in [0.1, 0.15) is 233 Å². The van der Waals surface area contributed by atoms with Crippen molar-refractivity contribution in [3.8, 4) is 0 Å². The fourth-order valence-corrected chi connectivity index (χ4v) is 7.12. The number of hydrogen-bond donors (Lipinski definition) is 0. The Morgan fingerprint density at radius 2 is 0.755 bits per heavy atom. The average molecular weight is 752 g/mol. The van der Waals surface area contributed by atoms with Crippen LogP contribution in [0.2, 0.25) is 0 Å². The van der Waals surface area contributed by atoms with Crippen molar-refractivity contribution in [2.75, 3.05) is 27.2 Å². The van der Waals surface area contributed by atoms with Gasteiger partial charge in [-0.3, -0.25) is 14.4 Å². The number of rotatable bonds is 40. The molecule has 0 aliphatic carbocycles. The van der Waals surface area contributed by atoms with Crippen LogP contribution in [0.3, 0.4) is 0 Å². The van der Waals surface area contributed by atoms with E-state index < -0.39 is 0 Å². The number of ether oxygens (including phenoxy) is 3. The maximum absolute atomic E-state index is 13.0. The molecular formula is C46H89NO6. The Bertz CT molecular complexity index is 805. The number of esters is 3. The first-order valence-corrected chi connectivity index (χ1v) is 22.9. The highest BCUT2D eigenvalue weighted by molar-refractivity contribution is 5.70. The highest BCUT2D eigenvalue weighted by Gasteiger charge is 2.19. The van der Waals surface area contributed by atoms with Crippen LogP contribution in [0, 0.1) is 5.92 Å². The summed E-state index contributed by atoms with van der Waals surface area (Å²) < 4.78 is 17.8. The summed E-state index contributed by atoms with van der Waals surface area (Å²) >= 11 is 0. The first-order chi connectivity index (χ1) is 25.7. The Hall–Kier alpha value is -1.63. The van der Waals surface area contributed by atoms with Gasteiger partial charge < -0.3 is 19.1 Å². The van der Waals surface area contributed by atoms with Crippen LogP contribution in [0.4, 0.5) is 0 Å². The van der Waals surface area contributed by atoms with E-state index in [0.29, 0.717) is 57.5 Å². The molecule has 1 unspecified atom stereocenters. The van der Waals surface area contributed by atoms with Gasteiger partial charge in [0.2, 0.25) is 0 Å². The molecule has 0 aliphatic heterocycles. The van der Waals surface area contributed by atoms with E-state index in [4.69, 9.17) is 14.2 Å². The molecule has 0 aromatic rings. The lowest BCUT2D eigenvalue weighted by atomic mass is 9.95. The summed E-state index contributed by atoms with van der Waals surface area (Å²) in [5.41, 5.74) is 0. The predicted molar refractivity (Wildman–Crippen MR) is 223 cm³/mol. The molecule has 0 amide bonds. The summed E-state index contributed by atoms with van der Waals surface area (Å²) in [6, 6.07) is 0. The second-order valence-electron chi connectivity index (χ2n) is 16.3. The lowest BCUT2D eigenvalue weighted by molar-refractivity contribution is -0.151. The monoisotopic (exact) mass is 752 g/mol. The maximum Gasteiger partial charge on any atom is 0.306 e. The van der Waals surface area contributed by atoms with E-state index in [1.807, 2.05) is 14.1 Å². The van der Waals surface area contributed by atoms with Crippen LogP contribution in [0.25, 0.3) is 0 Å². The van der Waals surface area contributed by atoms with Gasteiger partial charge in [0.15, 0.2) is 0 Å². The lowest BCUT2D eigenvalue weighted by Crippen LogP contribution is -2.22. The minimum atomic E-state index is -0.311. The largest absolute Gasteiger partial charge is 0.465 e. The third-order valence-electron chi connectivity index (χ3n) is 10.6. The number of nitrogens with zero attached hydrogens (tertiary/aromatic N) is 1. The van der Waals surface area contributed by atoms with Crippen molar-refractivity contribution >= 4 is 17.9 Å². The third-order valence-corrected chi connectivity index (χ3v) is 10.6. The molecule has 0 saturated carbocycles. The number of carbonyl (C=O) groups excluding carboxylic acids is 3. The maximum atomic E-state index is 13.0. The van der Waals surface area contributed by atoms with Crippen molar-refractivity contribution in [1.29, 1.82) is 0 Å². The zero-order valence-electron chi connectivity index (χ0n) is 36.2. The smallest absolute Gasteiger partial charge is 0.306 e. The molecule has 0 spiro atoms. The standard InChI is InChI=1S/C46H89NO6/c1-7-11-15-19-23-30-41(31-24-20-16-12-8-2)40-51-44(48)36-27-34-43(53-46(50)38-29-39-47(5)6)35-28-37-45(49)52-42(32-25-21-17-13-9-3)33-26-22-18-14-10-4/h41-43H,7-40H2,1-6H3. The van der Waals surface area contributed by atoms with Crippen LogP contribution in [-0.2, 0) is 28.6 Å². The summed E-state index contributed by atoms with van der Waals surface area (Å²) in [6.07, 6.45) is 32.8. The Balaban J connectivity index is 5.00. The van der Waals surface area contributed by atoms with Gasteiger partial charge in [0.25, 0.3) is 0 Å². The normalized spacial score (nSPS) is 12.2. The van der Waals surface area contributed by atoms with E-state index in [1.165, 1.54) is 116 Å². The van der Waals surface area contributed by atoms with Crippen LogP contribution < -0.4 is 0 Å². The van der Waals surface area contributed by atoms with Crippen LogP contribution in [0.15, 0.2) is 0 Å². The number of carbonyl (C=O) groups is 3. The van der Waals surface area contributed by atoms with Crippen LogP contribution >= 0.6 is 0 Å². The Morgan fingerprint density at radius 1 is 0.415 bits per heavy atom. The summed E-state index contributed by atoms with van der Waals surface area (Å²) in [7, 11) is 4.00. The first-order valence-electron chi connectivity index (χ1n) is 22.9. The summed E-state index contributed by atoms with van der Waals surface area (Å²) in [6.45, 7) is 10.3. The molecule has 7 nitrogen and oxygen atoms in total. The van der Waals surface area contributed by atoms with Crippen molar-refractivity contribution in [3.05, 3.63) is 0 Å². The van der Waals surface area contributed by atoms with Gasteiger partial charge in [0, 0.05) is 19.3 Å². The Labute approximate surface area is 329 Å². The van der Waals surface area contributed by atoms with Crippen molar-refractivity contribution < 1.29 is 28.6 Å². The Kier molecular flexibility index (Phi) is 37.4. The van der Waals surface area contributed by atoms with Gasteiger partial charge in [-0.25, -0.2) is 0 Å². The van der Waals surface area contributed by atoms with E-state index in [1.54, 1.807) is 0 Å². The van der Waals surface area contributed by atoms with Gasteiger partial charge in [-0.05, 0) is 97.2 Å². The van der Waals surface area contributed by atoms with Crippen LogP contribution in [-0.4, -0.2) is 62.3 Å². The predicted octanol–water partition coefficient (Wildman–Crippen LogP) is 13.1. The molecule has 0 aromatic heterocycles. The fourth-order valence-electron chi connectivity index (χ4n) is 7.12. The number of unbranched alkanes of at least 4 members (excludes halogenated alkanes) is 16. The molecule has 0 heterocycles. The molecule has 7 heteroatoms. The van der Waals surface area contributed by atoms with Crippen LogP contribution in [0.5, 0.6) is 0 Å². The SMILES string of the molecule is CCCCCCCC(CCCCCCC)COC(=O)CCCC(CCCC(=O)OC(CCCCCCC)CCCCCCC)OC(=O)CCCN(C)C. The first kappa shape index (κ1) is 51.4. The minimum Gasteiger partial charge on any atom is -0.465 e. The minimum absolute atomic E-state index is 0.00352. The lowest BCUT2D eigenvalue weighted by Gasteiger charge is -2.20. The molecule has 1 atom stereocenters. The van der Waals surface area contributed by atoms with Gasteiger partial charge in [-0.15, -0.1) is 0 Å². The van der Waals surface area contributed by atoms with Crippen molar-refractivity contribution in [2.24, 2.45) is 5.92 Å². The molecule has 0 saturated heterocycles. The average Bonchev–Trinajstić information content (AvgIpc) is 3.12. The molecule has 0 aromatic carbocycles. The molecule has 0 radical (unpaired) electrons. The van der Waals surface area contributed by atoms with E-state index in [9.17, 15) is 14.4 Å². The van der Waals surface area contributed by atoms with E-state index in [2.05, 4.69) is 32.6 Å². The fraction of sp³-hybridized carbons (Fsp3) is 0.935. The summed E-state index contributed by atoms with van der Waals surface area (Å²) in [4.78, 5) is 40.7. The van der Waals surface area contributed by atoms with E-state index in [-0.39, 0.29) is 30.1 Å². The third kappa shape index (κ3) is 35.8. The van der Waals surface area contributed by atoms with Crippen molar-refractivity contribution in [3.63, 3.8) is 0 Å². The highest BCUT2D eigenvalue weighted by atomic mass is 16.5. The Morgan fingerprint density at radius 3 is 1.15 bits per heavy atom. The molecule has 0 rings (SSSR count). The molecule has 314 valence electrons. The zero-order valence-corrected chi connectivity index (χ0v) is 36.2. The second-order valence-corrected chi connectivity index (χ2v) is 16.3. The number of hydrogen-bond acceptors (Lipinski definition) is 7. The molecular weight excluding hydrogens is 663 g/mol. The van der Waals surface area contributed by atoms with E-state index in [0.717, 1.165) is 51.5 Å². The topological polar surface area (TPSA) is 82.1 Å². The zero-order chi connectivity index (χ0) is 39.2. The quantitative estimate of drug-likeness (QED) is 0.0350. The molecule has 0 aliphatic rings. The van der Waals surface area contributed by atoms with Gasteiger partial charge in [0.05, 0.1) is 6.61 Å². The van der Waals surface area contributed by atoms with Gasteiger partial charge in [0.1, 0.15) is 12.2 Å². The molecule has 0 fully saturated rings. The summed E-state index contributed by atoms with van der Waals surface area (Å²) in [5, 5.41) is 0. The molecule has 0 N–H and O–H groups in total. The van der Waals surface area contributed by atoms with Gasteiger partial charge >= 0.3 is 17.9 Å².